The zero-order valence-electron chi connectivity index (χ0n) is 12.7. The topological polar surface area (TPSA) is 73.2 Å². The maximum absolute atomic E-state index is 12.3. The third-order valence-corrected chi connectivity index (χ3v) is 4.07. The van der Waals surface area contributed by atoms with E-state index in [-0.39, 0.29) is 18.6 Å². The zero-order valence-corrected chi connectivity index (χ0v) is 13.5. The van der Waals surface area contributed by atoms with Crippen LogP contribution in [0.15, 0.2) is 41.7 Å². The Hall–Kier alpha value is -2.28. The summed E-state index contributed by atoms with van der Waals surface area (Å²) in [7, 11) is 0. The molecule has 3 rings (SSSR count). The van der Waals surface area contributed by atoms with Crippen molar-refractivity contribution in [1.82, 2.24) is 14.9 Å². The number of aromatic nitrogens is 2. The van der Waals surface area contributed by atoms with Crippen LogP contribution in [-0.4, -0.2) is 40.3 Å². The van der Waals surface area contributed by atoms with Crippen molar-refractivity contribution in [2.24, 2.45) is 0 Å². The molecule has 7 heteroatoms. The average molecular weight is 331 g/mol. The molecule has 1 N–H and O–H groups in total. The summed E-state index contributed by atoms with van der Waals surface area (Å²) in [6, 6.07) is 9.70. The molecule has 0 bridgehead atoms. The highest BCUT2D eigenvalue weighted by Gasteiger charge is 2.24. The number of para-hydroxylation sites is 1. The Morgan fingerprint density at radius 2 is 2.09 bits per heavy atom. The molecule has 0 unspecified atom stereocenters. The van der Waals surface area contributed by atoms with Gasteiger partial charge in [-0.2, -0.15) is 0 Å². The lowest BCUT2D eigenvalue weighted by atomic mass is 10.3. The second-order valence-electron chi connectivity index (χ2n) is 5.22. The fraction of sp³-hybridized carbons (Fsp3) is 0.312. The number of imidazole rings is 1. The minimum absolute atomic E-state index is 0.249. The van der Waals surface area contributed by atoms with Gasteiger partial charge in [0, 0.05) is 11.7 Å². The lowest BCUT2D eigenvalue weighted by Gasteiger charge is -2.10. The first kappa shape index (κ1) is 15.6. The quantitative estimate of drug-likeness (QED) is 0.648. The summed E-state index contributed by atoms with van der Waals surface area (Å²) in [6.07, 6.45) is 5.36. The molecule has 1 heterocycles. The Morgan fingerprint density at radius 3 is 2.74 bits per heavy atom. The molecular weight excluding hydrogens is 314 g/mol. The highest BCUT2D eigenvalue weighted by atomic mass is 32.2. The number of amides is 1. The van der Waals surface area contributed by atoms with Crippen LogP contribution in [0, 0.1) is 0 Å². The van der Waals surface area contributed by atoms with E-state index >= 15 is 0 Å². The standard InChI is InChI=1S/C16H17N3O3S/c1-23-16-17-9-13(19(16)12-5-3-2-4-6-12)15(21)22-10-14(20)18-11-7-8-11/h2-6,9,11H,7-8,10H2,1H3,(H,18,20). The minimum Gasteiger partial charge on any atom is -0.451 e. The lowest BCUT2D eigenvalue weighted by Crippen LogP contribution is -2.30. The predicted octanol–water partition coefficient (Wildman–Crippen LogP) is 2.03. The Kier molecular flexibility index (Phi) is 4.66. The SMILES string of the molecule is CSc1ncc(C(=O)OCC(=O)NC2CC2)n1-c1ccccc1. The highest BCUT2D eigenvalue weighted by molar-refractivity contribution is 7.98. The number of carbonyl (C=O) groups excluding carboxylic acids is 2. The molecule has 23 heavy (non-hydrogen) atoms. The average Bonchev–Trinajstić information content (AvgIpc) is 3.27. The molecule has 1 aliphatic rings. The second kappa shape index (κ2) is 6.87. The second-order valence-corrected chi connectivity index (χ2v) is 5.99. The summed E-state index contributed by atoms with van der Waals surface area (Å²) in [5.41, 5.74) is 1.13. The van der Waals surface area contributed by atoms with Crippen molar-refractivity contribution < 1.29 is 14.3 Å². The minimum atomic E-state index is -0.562. The normalized spacial score (nSPS) is 13.6. The third-order valence-electron chi connectivity index (χ3n) is 3.41. The molecule has 1 fully saturated rings. The molecule has 1 aromatic heterocycles. The van der Waals surface area contributed by atoms with Crippen LogP contribution in [0.2, 0.25) is 0 Å². The maximum Gasteiger partial charge on any atom is 0.357 e. The van der Waals surface area contributed by atoms with E-state index in [1.165, 1.54) is 18.0 Å². The van der Waals surface area contributed by atoms with Crippen molar-refractivity contribution in [3.63, 3.8) is 0 Å². The van der Waals surface area contributed by atoms with Crippen molar-refractivity contribution in [3.05, 3.63) is 42.2 Å². The van der Waals surface area contributed by atoms with Gasteiger partial charge in [0.1, 0.15) is 0 Å². The van der Waals surface area contributed by atoms with Gasteiger partial charge >= 0.3 is 5.97 Å². The number of benzene rings is 1. The van der Waals surface area contributed by atoms with E-state index < -0.39 is 5.97 Å². The molecule has 1 amide bonds. The highest BCUT2D eigenvalue weighted by Crippen LogP contribution is 2.22. The number of esters is 1. The first-order valence-electron chi connectivity index (χ1n) is 7.32. The predicted molar refractivity (Wildman–Crippen MR) is 86.8 cm³/mol. The van der Waals surface area contributed by atoms with Crippen LogP contribution < -0.4 is 5.32 Å². The van der Waals surface area contributed by atoms with E-state index in [4.69, 9.17) is 4.74 Å². The molecule has 0 spiro atoms. The Morgan fingerprint density at radius 1 is 1.35 bits per heavy atom. The summed E-state index contributed by atoms with van der Waals surface area (Å²) in [4.78, 5) is 28.2. The van der Waals surface area contributed by atoms with Gasteiger partial charge < -0.3 is 10.1 Å². The van der Waals surface area contributed by atoms with Crippen LogP contribution in [0.5, 0.6) is 0 Å². The fourth-order valence-electron chi connectivity index (χ4n) is 2.15. The summed E-state index contributed by atoms with van der Waals surface area (Å²) in [5, 5.41) is 3.47. The van der Waals surface area contributed by atoms with E-state index in [0.29, 0.717) is 10.9 Å². The van der Waals surface area contributed by atoms with Gasteiger partial charge in [-0.15, -0.1) is 0 Å². The van der Waals surface area contributed by atoms with Gasteiger partial charge in [-0.1, -0.05) is 30.0 Å². The van der Waals surface area contributed by atoms with Crippen LogP contribution in [0.3, 0.4) is 0 Å². The van der Waals surface area contributed by atoms with Crippen molar-refractivity contribution in [2.75, 3.05) is 12.9 Å². The van der Waals surface area contributed by atoms with Gasteiger partial charge in [0.05, 0.1) is 6.20 Å². The lowest BCUT2D eigenvalue weighted by molar-refractivity contribution is -0.124. The van der Waals surface area contributed by atoms with Crippen molar-refractivity contribution in [3.8, 4) is 5.69 Å². The molecule has 0 radical (unpaired) electrons. The van der Waals surface area contributed by atoms with Gasteiger partial charge in [-0.25, -0.2) is 9.78 Å². The molecule has 2 aromatic rings. The first-order valence-corrected chi connectivity index (χ1v) is 8.55. The summed E-state index contributed by atoms with van der Waals surface area (Å²) in [5.74, 6) is -0.829. The van der Waals surface area contributed by atoms with E-state index in [1.54, 1.807) is 4.57 Å². The largest absolute Gasteiger partial charge is 0.451 e. The van der Waals surface area contributed by atoms with Crippen LogP contribution in [0.4, 0.5) is 0 Å². The van der Waals surface area contributed by atoms with E-state index in [9.17, 15) is 9.59 Å². The summed E-state index contributed by atoms with van der Waals surface area (Å²) in [6.45, 7) is -0.274. The molecule has 120 valence electrons. The number of thioether (sulfide) groups is 1. The molecular formula is C16H17N3O3S. The van der Waals surface area contributed by atoms with E-state index in [1.807, 2.05) is 36.6 Å². The van der Waals surface area contributed by atoms with Crippen LogP contribution in [0.1, 0.15) is 23.3 Å². The van der Waals surface area contributed by atoms with Gasteiger partial charge in [-0.3, -0.25) is 9.36 Å². The first-order chi connectivity index (χ1) is 11.2. The molecule has 1 aromatic carbocycles. The zero-order chi connectivity index (χ0) is 16.2. The number of nitrogens with zero attached hydrogens (tertiary/aromatic N) is 2. The monoisotopic (exact) mass is 331 g/mol. The number of carbonyl (C=O) groups is 2. The molecule has 0 atom stereocenters. The summed E-state index contributed by atoms with van der Waals surface area (Å²) < 4.78 is 6.85. The fourth-order valence-corrected chi connectivity index (χ4v) is 2.70. The number of hydrogen-bond donors (Lipinski definition) is 1. The Labute approximate surface area is 138 Å². The molecule has 0 saturated heterocycles. The number of nitrogens with one attached hydrogen (secondary N) is 1. The number of hydrogen-bond acceptors (Lipinski definition) is 5. The van der Waals surface area contributed by atoms with Crippen LogP contribution in [-0.2, 0) is 9.53 Å². The Bertz CT molecular complexity index is 711. The van der Waals surface area contributed by atoms with Crippen molar-refractivity contribution >= 4 is 23.6 Å². The maximum atomic E-state index is 12.3. The van der Waals surface area contributed by atoms with Crippen LogP contribution >= 0.6 is 11.8 Å². The van der Waals surface area contributed by atoms with Gasteiger partial charge in [-0.05, 0) is 31.2 Å². The smallest absolute Gasteiger partial charge is 0.357 e. The van der Waals surface area contributed by atoms with Crippen molar-refractivity contribution in [1.29, 1.82) is 0 Å². The van der Waals surface area contributed by atoms with Gasteiger partial charge in [0.25, 0.3) is 5.91 Å². The third kappa shape index (κ3) is 3.73. The van der Waals surface area contributed by atoms with Gasteiger partial charge in [0.15, 0.2) is 17.5 Å². The molecule has 1 saturated carbocycles. The molecule has 1 aliphatic carbocycles. The van der Waals surface area contributed by atoms with E-state index in [2.05, 4.69) is 10.3 Å². The van der Waals surface area contributed by atoms with Crippen LogP contribution in [0.25, 0.3) is 5.69 Å². The summed E-state index contributed by atoms with van der Waals surface area (Å²) >= 11 is 1.43. The molecule has 6 nitrogen and oxygen atoms in total. The number of rotatable bonds is 6. The Balaban J connectivity index is 1.75. The molecule has 0 aliphatic heterocycles. The van der Waals surface area contributed by atoms with Crippen molar-refractivity contribution in [2.45, 2.75) is 24.0 Å². The van der Waals surface area contributed by atoms with E-state index in [0.717, 1.165) is 18.5 Å². The number of ether oxygens (including phenoxy) is 1. The van der Waals surface area contributed by atoms with Gasteiger partial charge in [0.2, 0.25) is 0 Å².